The van der Waals surface area contributed by atoms with Crippen LogP contribution in [-0.4, -0.2) is 29.9 Å². The fraction of sp³-hybridized carbons (Fsp3) is 0.737. The summed E-state index contributed by atoms with van der Waals surface area (Å²) in [6.07, 6.45) is 6.62. The van der Waals surface area contributed by atoms with Crippen molar-refractivity contribution in [2.24, 2.45) is 11.3 Å². The molecule has 2 heterocycles. The van der Waals surface area contributed by atoms with E-state index in [0.717, 1.165) is 38.9 Å². The number of thiophene rings is 1. The first kappa shape index (κ1) is 17.0. The van der Waals surface area contributed by atoms with Crippen molar-refractivity contribution >= 4 is 17.2 Å². The first-order valence-corrected chi connectivity index (χ1v) is 10.1. The van der Waals surface area contributed by atoms with E-state index in [1.54, 1.807) is 11.3 Å². The van der Waals surface area contributed by atoms with Gasteiger partial charge in [-0.15, -0.1) is 0 Å². The zero-order valence-electron chi connectivity index (χ0n) is 14.5. The van der Waals surface area contributed by atoms with Crippen molar-refractivity contribution in [1.82, 2.24) is 10.2 Å². The van der Waals surface area contributed by atoms with E-state index in [4.69, 9.17) is 0 Å². The van der Waals surface area contributed by atoms with Gasteiger partial charge >= 0.3 is 0 Å². The van der Waals surface area contributed by atoms with Gasteiger partial charge in [0.1, 0.15) is 0 Å². The minimum Gasteiger partial charge on any atom is -0.335 e. The van der Waals surface area contributed by atoms with E-state index >= 15 is 0 Å². The molecule has 1 amide bonds. The van der Waals surface area contributed by atoms with Crippen LogP contribution < -0.4 is 5.32 Å². The lowest BCUT2D eigenvalue weighted by Crippen LogP contribution is -2.39. The molecule has 1 atom stereocenters. The molecule has 1 aromatic heterocycles. The van der Waals surface area contributed by atoms with Gasteiger partial charge in [0.05, 0.1) is 0 Å². The second kappa shape index (κ2) is 7.35. The van der Waals surface area contributed by atoms with E-state index in [2.05, 4.69) is 40.9 Å². The number of carbonyl (C=O) groups is 1. The largest absolute Gasteiger partial charge is 0.335 e. The summed E-state index contributed by atoms with van der Waals surface area (Å²) in [4.78, 5) is 15.2. The normalized spacial score (nSPS) is 22.5. The topological polar surface area (TPSA) is 32.3 Å². The van der Waals surface area contributed by atoms with Gasteiger partial charge in [0.2, 0.25) is 5.91 Å². The Kier molecular flexibility index (Phi) is 5.42. The van der Waals surface area contributed by atoms with Crippen LogP contribution in [0.3, 0.4) is 0 Å². The Morgan fingerprint density at radius 1 is 1.39 bits per heavy atom. The molecular weight excluding hydrogens is 304 g/mol. The van der Waals surface area contributed by atoms with E-state index in [1.165, 1.54) is 24.8 Å². The highest BCUT2D eigenvalue weighted by Crippen LogP contribution is 2.56. The first-order valence-electron chi connectivity index (χ1n) is 9.20. The fourth-order valence-electron chi connectivity index (χ4n) is 4.12. The summed E-state index contributed by atoms with van der Waals surface area (Å²) in [7, 11) is 0. The molecule has 1 saturated heterocycles. The number of nitrogens with one attached hydrogen (secondary N) is 1. The molecule has 1 aliphatic heterocycles. The Morgan fingerprint density at radius 2 is 2.13 bits per heavy atom. The Hall–Kier alpha value is -0.870. The predicted molar refractivity (Wildman–Crippen MR) is 96.5 cm³/mol. The zero-order valence-corrected chi connectivity index (χ0v) is 15.3. The molecule has 1 spiro atoms. The van der Waals surface area contributed by atoms with Crippen LogP contribution in [0.2, 0.25) is 0 Å². The molecule has 23 heavy (non-hydrogen) atoms. The number of hydrogen-bond donors (Lipinski definition) is 1. The van der Waals surface area contributed by atoms with Gasteiger partial charge < -0.3 is 10.2 Å². The molecule has 3 rings (SSSR count). The quantitative estimate of drug-likeness (QED) is 0.816. The van der Waals surface area contributed by atoms with Crippen molar-refractivity contribution in [2.75, 3.05) is 13.1 Å². The Morgan fingerprint density at radius 3 is 2.74 bits per heavy atom. The standard InChI is InChI=1S/C19H30N2OS/c1-3-15(4-2)11-18(22)21(13-16-5-10-23-14-16)17-12-19(17)6-8-20-9-7-19/h5,10,14-15,17,20H,3-4,6-9,11-13H2,1-2H3. The van der Waals surface area contributed by atoms with Crippen LogP contribution in [0.15, 0.2) is 16.8 Å². The van der Waals surface area contributed by atoms with E-state index < -0.39 is 0 Å². The van der Waals surface area contributed by atoms with Crippen molar-refractivity contribution in [1.29, 1.82) is 0 Å². The van der Waals surface area contributed by atoms with Gasteiger partial charge in [-0.25, -0.2) is 0 Å². The van der Waals surface area contributed by atoms with Crippen LogP contribution in [0.4, 0.5) is 0 Å². The maximum Gasteiger partial charge on any atom is 0.223 e. The lowest BCUT2D eigenvalue weighted by Gasteiger charge is -2.30. The summed E-state index contributed by atoms with van der Waals surface area (Å²) in [6, 6.07) is 2.64. The molecule has 1 unspecified atom stereocenters. The van der Waals surface area contributed by atoms with Crippen molar-refractivity contribution in [3.8, 4) is 0 Å². The lowest BCUT2D eigenvalue weighted by atomic mass is 9.93. The highest BCUT2D eigenvalue weighted by Gasteiger charge is 2.57. The summed E-state index contributed by atoms with van der Waals surface area (Å²) in [6.45, 7) is 7.45. The highest BCUT2D eigenvalue weighted by molar-refractivity contribution is 7.07. The van der Waals surface area contributed by atoms with E-state index in [9.17, 15) is 4.79 Å². The molecule has 1 aromatic rings. The molecule has 3 nitrogen and oxygen atoms in total. The van der Waals surface area contributed by atoms with Crippen molar-refractivity contribution < 1.29 is 4.79 Å². The Balaban J connectivity index is 1.70. The number of carbonyl (C=O) groups excluding carboxylic acids is 1. The van der Waals surface area contributed by atoms with Crippen LogP contribution in [0.1, 0.15) is 57.9 Å². The van der Waals surface area contributed by atoms with Crippen molar-refractivity contribution in [3.63, 3.8) is 0 Å². The van der Waals surface area contributed by atoms with Gasteiger partial charge in [-0.3, -0.25) is 4.79 Å². The molecule has 2 fully saturated rings. The number of piperidine rings is 1. The van der Waals surface area contributed by atoms with Gasteiger partial charge in [0.25, 0.3) is 0 Å². The van der Waals surface area contributed by atoms with Gasteiger partial charge in [-0.05, 0) is 66.1 Å². The maximum absolute atomic E-state index is 13.0. The van der Waals surface area contributed by atoms with Crippen LogP contribution in [0.25, 0.3) is 0 Å². The fourth-order valence-corrected chi connectivity index (χ4v) is 4.78. The monoisotopic (exact) mass is 334 g/mol. The smallest absolute Gasteiger partial charge is 0.223 e. The minimum atomic E-state index is 0.380. The van der Waals surface area contributed by atoms with Crippen LogP contribution in [0, 0.1) is 11.3 Å². The van der Waals surface area contributed by atoms with Crippen LogP contribution >= 0.6 is 11.3 Å². The minimum absolute atomic E-state index is 0.380. The third kappa shape index (κ3) is 3.80. The van der Waals surface area contributed by atoms with Gasteiger partial charge in [0, 0.05) is 19.0 Å². The maximum atomic E-state index is 13.0. The summed E-state index contributed by atoms with van der Waals surface area (Å²) < 4.78 is 0. The first-order chi connectivity index (χ1) is 11.2. The molecule has 0 bridgehead atoms. The van der Waals surface area contributed by atoms with E-state index in [1.807, 2.05) is 0 Å². The van der Waals surface area contributed by atoms with E-state index in [0.29, 0.717) is 23.3 Å². The molecule has 128 valence electrons. The number of hydrogen-bond acceptors (Lipinski definition) is 3. The number of nitrogens with zero attached hydrogens (tertiary/aromatic N) is 1. The summed E-state index contributed by atoms with van der Waals surface area (Å²) in [5, 5.41) is 7.77. The molecule has 4 heteroatoms. The van der Waals surface area contributed by atoms with Gasteiger partial charge in [-0.2, -0.15) is 11.3 Å². The van der Waals surface area contributed by atoms with Crippen molar-refractivity contribution in [3.05, 3.63) is 22.4 Å². The second-order valence-electron chi connectivity index (χ2n) is 7.37. The molecule has 1 N–H and O–H groups in total. The molecule has 1 saturated carbocycles. The molecule has 2 aliphatic rings. The zero-order chi connectivity index (χ0) is 16.3. The molecule has 1 aliphatic carbocycles. The molecule has 0 radical (unpaired) electrons. The van der Waals surface area contributed by atoms with Crippen LogP contribution in [0.5, 0.6) is 0 Å². The average molecular weight is 335 g/mol. The number of amides is 1. The average Bonchev–Trinajstić information content (AvgIpc) is 3.00. The third-order valence-electron chi connectivity index (χ3n) is 5.99. The highest BCUT2D eigenvalue weighted by atomic mass is 32.1. The SMILES string of the molecule is CCC(CC)CC(=O)N(Cc1ccsc1)C1CC12CCNCC2. The van der Waals surface area contributed by atoms with Crippen molar-refractivity contribution in [2.45, 2.75) is 65.0 Å². The predicted octanol–water partition coefficient (Wildman–Crippen LogP) is 4.05. The third-order valence-corrected chi connectivity index (χ3v) is 6.73. The van der Waals surface area contributed by atoms with Crippen LogP contribution in [-0.2, 0) is 11.3 Å². The summed E-state index contributed by atoms with van der Waals surface area (Å²) in [5.74, 6) is 0.917. The second-order valence-corrected chi connectivity index (χ2v) is 8.15. The summed E-state index contributed by atoms with van der Waals surface area (Å²) >= 11 is 1.73. The Bertz CT molecular complexity index is 503. The molecular formula is C19H30N2OS. The lowest BCUT2D eigenvalue weighted by molar-refractivity contribution is -0.134. The summed E-state index contributed by atoms with van der Waals surface area (Å²) in [5.41, 5.74) is 1.72. The number of rotatable bonds is 7. The van der Waals surface area contributed by atoms with Gasteiger partial charge in [0.15, 0.2) is 0 Å². The molecule has 0 aromatic carbocycles. The Labute approximate surface area is 144 Å². The van der Waals surface area contributed by atoms with E-state index in [-0.39, 0.29) is 0 Å². The van der Waals surface area contributed by atoms with Gasteiger partial charge in [-0.1, -0.05) is 26.7 Å².